The molecule has 0 aliphatic heterocycles. The summed E-state index contributed by atoms with van der Waals surface area (Å²) in [5.41, 5.74) is 1.58. The van der Waals surface area contributed by atoms with E-state index in [1.165, 1.54) is 6.26 Å². The molecule has 0 fully saturated rings. The Balaban J connectivity index is 1.66. The molecule has 0 saturated carbocycles. The van der Waals surface area contributed by atoms with Crippen LogP contribution in [0.25, 0.3) is 17.1 Å². The van der Waals surface area contributed by atoms with Gasteiger partial charge in [0, 0.05) is 11.1 Å². The van der Waals surface area contributed by atoms with Crippen LogP contribution in [0.15, 0.2) is 57.6 Å². The van der Waals surface area contributed by atoms with Crippen molar-refractivity contribution < 1.29 is 23.2 Å². The van der Waals surface area contributed by atoms with Crippen LogP contribution in [0.3, 0.4) is 0 Å². The van der Waals surface area contributed by atoms with Crippen molar-refractivity contribution in [3.05, 3.63) is 70.9 Å². The van der Waals surface area contributed by atoms with Crippen LogP contribution < -0.4 is 5.32 Å². The monoisotopic (exact) mass is 440 g/mol. The molecule has 1 aromatic carbocycles. The van der Waals surface area contributed by atoms with Crippen LogP contribution in [0.2, 0.25) is 5.02 Å². The predicted octanol–water partition coefficient (Wildman–Crippen LogP) is 4.51. The number of ether oxygens (including phenoxy) is 1. The number of halogens is 1. The minimum Gasteiger partial charge on any atom is -0.463 e. The number of aromatic nitrogens is 3. The van der Waals surface area contributed by atoms with Crippen molar-refractivity contribution >= 4 is 29.5 Å². The molecule has 1 amide bonds. The van der Waals surface area contributed by atoms with Gasteiger partial charge in [-0.2, -0.15) is 10.1 Å². The number of rotatable bonds is 6. The van der Waals surface area contributed by atoms with E-state index in [2.05, 4.69) is 15.4 Å². The van der Waals surface area contributed by atoms with Gasteiger partial charge in [-0.3, -0.25) is 10.1 Å². The molecule has 3 aromatic heterocycles. The zero-order valence-corrected chi connectivity index (χ0v) is 17.3. The van der Waals surface area contributed by atoms with E-state index >= 15 is 0 Å². The Hall–Kier alpha value is -3.85. The quantitative estimate of drug-likeness (QED) is 0.439. The van der Waals surface area contributed by atoms with Crippen LogP contribution in [0, 0.1) is 6.92 Å². The van der Waals surface area contributed by atoms with Crippen molar-refractivity contribution in [3.8, 4) is 17.1 Å². The highest BCUT2D eigenvalue weighted by Crippen LogP contribution is 2.26. The molecule has 1 N–H and O–H groups in total. The summed E-state index contributed by atoms with van der Waals surface area (Å²) in [6.07, 6.45) is 1.52. The molecule has 10 heteroatoms. The summed E-state index contributed by atoms with van der Waals surface area (Å²) < 4.78 is 17.3. The third kappa shape index (κ3) is 4.22. The average molecular weight is 441 g/mol. The number of nitrogens with zero attached hydrogens (tertiary/aromatic N) is 3. The first-order valence-electron chi connectivity index (χ1n) is 9.32. The number of carbonyl (C=O) groups excluding carboxylic acids is 2. The summed E-state index contributed by atoms with van der Waals surface area (Å²) in [4.78, 5) is 28.8. The Morgan fingerprint density at radius 3 is 2.77 bits per heavy atom. The Kier molecular flexibility index (Phi) is 5.59. The lowest BCUT2D eigenvalue weighted by atomic mass is 10.2. The average Bonchev–Trinajstić information content (AvgIpc) is 3.47. The molecule has 0 aliphatic rings. The number of nitrogens with one attached hydrogen (secondary N) is 1. The number of benzene rings is 1. The Bertz CT molecular complexity index is 1240. The van der Waals surface area contributed by atoms with Gasteiger partial charge in [0.2, 0.25) is 5.76 Å². The highest BCUT2D eigenvalue weighted by molar-refractivity contribution is 6.30. The van der Waals surface area contributed by atoms with E-state index in [0.717, 1.165) is 0 Å². The van der Waals surface area contributed by atoms with Crippen molar-refractivity contribution in [1.82, 2.24) is 14.8 Å². The highest BCUT2D eigenvalue weighted by Gasteiger charge is 2.23. The van der Waals surface area contributed by atoms with Crippen molar-refractivity contribution in [3.63, 3.8) is 0 Å². The molecule has 0 bridgehead atoms. The van der Waals surface area contributed by atoms with E-state index in [9.17, 15) is 9.59 Å². The van der Waals surface area contributed by atoms with Crippen LogP contribution in [-0.2, 0) is 4.74 Å². The molecule has 0 aliphatic carbocycles. The summed E-state index contributed by atoms with van der Waals surface area (Å²) in [6, 6.07) is 11.9. The Morgan fingerprint density at radius 2 is 2.06 bits per heavy atom. The molecule has 158 valence electrons. The second kappa shape index (κ2) is 8.49. The lowest BCUT2D eigenvalue weighted by Crippen LogP contribution is -2.13. The smallest absolute Gasteiger partial charge is 0.376 e. The molecule has 4 rings (SSSR count). The minimum atomic E-state index is -0.654. The lowest BCUT2D eigenvalue weighted by molar-refractivity contribution is 0.0489. The fourth-order valence-electron chi connectivity index (χ4n) is 2.89. The topological polar surface area (TPSA) is 112 Å². The predicted molar refractivity (Wildman–Crippen MR) is 111 cm³/mol. The zero-order chi connectivity index (χ0) is 22.0. The van der Waals surface area contributed by atoms with E-state index in [0.29, 0.717) is 27.9 Å². The normalized spacial score (nSPS) is 10.8. The summed E-state index contributed by atoms with van der Waals surface area (Å²) in [7, 11) is 0. The maximum atomic E-state index is 12.8. The zero-order valence-electron chi connectivity index (χ0n) is 16.6. The summed E-state index contributed by atoms with van der Waals surface area (Å²) >= 11 is 6.11. The van der Waals surface area contributed by atoms with Crippen LogP contribution in [0.5, 0.6) is 0 Å². The number of amides is 1. The third-order valence-corrected chi connectivity index (χ3v) is 4.48. The van der Waals surface area contributed by atoms with Gasteiger partial charge in [-0.15, -0.1) is 0 Å². The number of furan rings is 1. The first-order chi connectivity index (χ1) is 15.0. The second-order valence-corrected chi connectivity index (χ2v) is 6.83. The second-order valence-electron chi connectivity index (χ2n) is 6.39. The van der Waals surface area contributed by atoms with Crippen molar-refractivity contribution in [1.29, 1.82) is 0 Å². The van der Waals surface area contributed by atoms with Gasteiger partial charge in [0.05, 0.1) is 24.3 Å². The minimum absolute atomic E-state index is 0.0714. The first kappa shape index (κ1) is 20.4. The molecular weight excluding hydrogens is 424 g/mol. The lowest BCUT2D eigenvalue weighted by Gasteiger charge is -2.05. The number of hydrogen-bond acceptors (Lipinski definition) is 7. The number of hydrogen-bond donors (Lipinski definition) is 1. The van der Waals surface area contributed by atoms with Gasteiger partial charge in [-0.25, -0.2) is 9.48 Å². The third-order valence-electron chi connectivity index (χ3n) is 4.25. The van der Waals surface area contributed by atoms with E-state index in [1.54, 1.807) is 61.0 Å². The molecule has 0 unspecified atom stereocenters. The number of carbonyl (C=O) groups is 2. The number of anilines is 1. The van der Waals surface area contributed by atoms with Crippen molar-refractivity contribution in [2.45, 2.75) is 13.8 Å². The van der Waals surface area contributed by atoms with Gasteiger partial charge in [-0.05, 0) is 44.2 Å². The maximum absolute atomic E-state index is 12.8. The highest BCUT2D eigenvalue weighted by atomic mass is 35.5. The fraction of sp³-hybridized carbons (Fsp3) is 0.143. The van der Waals surface area contributed by atoms with Gasteiger partial charge < -0.3 is 13.6 Å². The number of aryl methyl sites for hydroxylation is 1. The molecule has 0 radical (unpaired) electrons. The van der Waals surface area contributed by atoms with Crippen LogP contribution in [0.4, 0.5) is 6.01 Å². The van der Waals surface area contributed by atoms with Gasteiger partial charge >= 0.3 is 12.0 Å². The first-order valence-corrected chi connectivity index (χ1v) is 9.70. The van der Waals surface area contributed by atoms with Gasteiger partial charge in [0.25, 0.3) is 5.91 Å². The van der Waals surface area contributed by atoms with Crippen LogP contribution >= 0.6 is 11.6 Å². The van der Waals surface area contributed by atoms with Gasteiger partial charge in [0.1, 0.15) is 5.69 Å². The van der Waals surface area contributed by atoms with Crippen LogP contribution in [0.1, 0.15) is 33.7 Å². The van der Waals surface area contributed by atoms with Crippen molar-refractivity contribution in [2.24, 2.45) is 0 Å². The number of oxazole rings is 1. The van der Waals surface area contributed by atoms with E-state index in [4.69, 9.17) is 25.2 Å². The molecule has 9 nitrogen and oxygen atoms in total. The van der Waals surface area contributed by atoms with E-state index in [-0.39, 0.29) is 24.1 Å². The summed E-state index contributed by atoms with van der Waals surface area (Å²) in [6.45, 7) is 3.45. The van der Waals surface area contributed by atoms with E-state index < -0.39 is 11.9 Å². The summed E-state index contributed by atoms with van der Waals surface area (Å²) in [5.74, 6) is -0.787. The molecule has 31 heavy (non-hydrogen) atoms. The molecule has 3 heterocycles. The van der Waals surface area contributed by atoms with Crippen LogP contribution in [-0.4, -0.2) is 33.2 Å². The number of esters is 1. The van der Waals surface area contributed by atoms with E-state index in [1.807, 2.05) is 0 Å². The molecular formula is C21H17ClN4O5. The summed E-state index contributed by atoms with van der Waals surface area (Å²) in [5, 5.41) is 7.42. The van der Waals surface area contributed by atoms with Crippen molar-refractivity contribution in [2.75, 3.05) is 11.9 Å². The fourth-order valence-corrected chi connectivity index (χ4v) is 3.08. The molecule has 4 aromatic rings. The van der Waals surface area contributed by atoms with Gasteiger partial charge in [0.15, 0.2) is 11.5 Å². The molecule has 0 spiro atoms. The molecule has 0 saturated heterocycles. The largest absolute Gasteiger partial charge is 0.463 e. The Labute approximate surface area is 181 Å². The van der Waals surface area contributed by atoms with Gasteiger partial charge in [-0.1, -0.05) is 17.7 Å². The standard InChI is InChI=1S/C21H17ClN4O5/c1-3-29-20(28)18-12(2)23-21(31-18)24-19(27)15-11-16(17-8-5-9-30-17)26(25-15)14-7-4-6-13(22)10-14/h4-11H,3H2,1-2H3,(H,23,24,27). The molecule has 0 atom stereocenters. The Morgan fingerprint density at radius 1 is 1.23 bits per heavy atom. The SMILES string of the molecule is CCOC(=O)c1oc(NC(=O)c2cc(-c3ccco3)n(-c3cccc(Cl)c3)n2)nc1C. The maximum Gasteiger partial charge on any atom is 0.376 e.